The van der Waals surface area contributed by atoms with Crippen molar-refractivity contribution >= 4 is 6.21 Å². The largest absolute Gasteiger partial charge is 0.394 e. The molecule has 7 nitrogen and oxygen atoms in total. The third-order valence-corrected chi connectivity index (χ3v) is 1.77. The first-order chi connectivity index (χ1) is 7.04. The van der Waals surface area contributed by atoms with Crippen LogP contribution < -0.4 is 0 Å². The summed E-state index contributed by atoms with van der Waals surface area (Å²) in [5, 5.41) is 53.5. The Hall–Kier alpha value is -0.570. The number of hydrogen-bond acceptors (Lipinski definition) is 7. The Kier molecular flexibility index (Phi) is 7.39. The lowest BCUT2D eigenvalue weighted by molar-refractivity contribution is -0.0999. The van der Waals surface area contributed by atoms with Gasteiger partial charge in [0.15, 0.2) is 0 Å². The summed E-state index contributed by atoms with van der Waals surface area (Å²) in [6.07, 6.45) is -5.34. The molecule has 0 aromatic carbocycles. The van der Waals surface area contributed by atoms with Gasteiger partial charge in [0.25, 0.3) is 0 Å². The highest BCUT2D eigenvalue weighted by molar-refractivity contribution is 5.63. The van der Waals surface area contributed by atoms with E-state index in [9.17, 15) is 15.3 Å². The molecule has 15 heavy (non-hydrogen) atoms. The Labute approximate surface area is 87.0 Å². The molecule has 0 aliphatic rings. The molecule has 90 valence electrons. The van der Waals surface area contributed by atoms with Crippen LogP contribution in [-0.4, -0.2) is 81.0 Å². The predicted octanol–water partition coefficient (Wildman–Crippen LogP) is -3.51. The zero-order valence-electron chi connectivity index (χ0n) is 8.14. The first-order valence-electron chi connectivity index (χ1n) is 4.48. The molecule has 0 unspecified atom stereocenters. The SMILES string of the molecule is OCCN=C[C@H](O)[C@@H](O)[C@H](O)[C@H](O)CO. The maximum Gasteiger partial charge on any atom is 0.117 e. The number of aliphatic imine (C=N–C) groups is 1. The molecule has 0 heterocycles. The highest BCUT2D eigenvalue weighted by Gasteiger charge is 2.28. The zero-order chi connectivity index (χ0) is 11.8. The number of rotatable bonds is 7. The van der Waals surface area contributed by atoms with Gasteiger partial charge >= 0.3 is 0 Å². The van der Waals surface area contributed by atoms with E-state index < -0.39 is 31.0 Å². The molecule has 0 saturated carbocycles. The van der Waals surface area contributed by atoms with Crippen molar-refractivity contribution in [2.75, 3.05) is 19.8 Å². The van der Waals surface area contributed by atoms with E-state index in [0.717, 1.165) is 6.21 Å². The molecule has 0 fully saturated rings. The molecule has 0 radical (unpaired) electrons. The minimum atomic E-state index is -1.66. The van der Waals surface area contributed by atoms with E-state index in [2.05, 4.69) is 4.99 Å². The Balaban J connectivity index is 4.12. The molecule has 4 atom stereocenters. The molecule has 0 saturated heterocycles. The lowest BCUT2D eigenvalue weighted by Gasteiger charge is -2.23. The van der Waals surface area contributed by atoms with E-state index in [0.29, 0.717) is 0 Å². The van der Waals surface area contributed by atoms with E-state index in [1.165, 1.54) is 0 Å². The Bertz CT molecular complexity index is 188. The van der Waals surface area contributed by atoms with Gasteiger partial charge in [-0.2, -0.15) is 0 Å². The van der Waals surface area contributed by atoms with Crippen molar-refractivity contribution in [1.82, 2.24) is 0 Å². The summed E-state index contributed by atoms with van der Waals surface area (Å²) in [6, 6.07) is 0. The van der Waals surface area contributed by atoms with Crippen LogP contribution >= 0.6 is 0 Å². The fourth-order valence-electron chi connectivity index (χ4n) is 0.866. The Morgan fingerprint density at radius 2 is 1.60 bits per heavy atom. The van der Waals surface area contributed by atoms with Crippen LogP contribution in [0.25, 0.3) is 0 Å². The molecule has 7 heteroatoms. The minimum Gasteiger partial charge on any atom is -0.394 e. The van der Waals surface area contributed by atoms with Gasteiger partial charge in [-0.05, 0) is 0 Å². The summed E-state index contributed by atoms with van der Waals surface area (Å²) in [7, 11) is 0. The average Bonchev–Trinajstić information content (AvgIpc) is 2.26. The molecule has 0 aromatic rings. The van der Waals surface area contributed by atoms with Gasteiger partial charge in [-0.3, -0.25) is 4.99 Å². The molecule has 0 amide bonds. The smallest absolute Gasteiger partial charge is 0.117 e. The van der Waals surface area contributed by atoms with Crippen LogP contribution in [0, 0.1) is 0 Å². The van der Waals surface area contributed by atoms with Gasteiger partial charge in [-0.1, -0.05) is 0 Å². The average molecular weight is 223 g/mol. The highest BCUT2D eigenvalue weighted by atomic mass is 16.4. The van der Waals surface area contributed by atoms with Gasteiger partial charge in [-0.25, -0.2) is 0 Å². The molecule has 6 N–H and O–H groups in total. The van der Waals surface area contributed by atoms with Crippen LogP contribution in [0.15, 0.2) is 4.99 Å². The number of aliphatic hydroxyl groups is 6. The molecule has 0 spiro atoms. The quantitative estimate of drug-likeness (QED) is 0.248. The topological polar surface area (TPSA) is 134 Å². The molecular weight excluding hydrogens is 206 g/mol. The van der Waals surface area contributed by atoms with Gasteiger partial charge in [0.2, 0.25) is 0 Å². The van der Waals surface area contributed by atoms with Gasteiger partial charge in [0.05, 0.1) is 19.8 Å². The van der Waals surface area contributed by atoms with E-state index in [-0.39, 0.29) is 13.2 Å². The number of nitrogens with zero attached hydrogens (tertiary/aromatic N) is 1. The maximum absolute atomic E-state index is 9.26. The minimum absolute atomic E-state index is 0.0719. The molecular formula is C8H17NO6. The van der Waals surface area contributed by atoms with Crippen molar-refractivity contribution in [2.24, 2.45) is 4.99 Å². The predicted molar refractivity (Wildman–Crippen MR) is 51.6 cm³/mol. The van der Waals surface area contributed by atoms with Gasteiger partial charge < -0.3 is 30.6 Å². The fourth-order valence-corrected chi connectivity index (χ4v) is 0.866. The zero-order valence-corrected chi connectivity index (χ0v) is 8.14. The normalized spacial score (nSPS) is 20.1. The number of hydrogen-bond donors (Lipinski definition) is 6. The van der Waals surface area contributed by atoms with Crippen molar-refractivity contribution in [1.29, 1.82) is 0 Å². The van der Waals surface area contributed by atoms with E-state index >= 15 is 0 Å². The van der Waals surface area contributed by atoms with Crippen molar-refractivity contribution in [3.8, 4) is 0 Å². The molecule has 0 aliphatic carbocycles. The van der Waals surface area contributed by atoms with Crippen molar-refractivity contribution < 1.29 is 30.6 Å². The second-order valence-corrected chi connectivity index (χ2v) is 3.00. The van der Waals surface area contributed by atoms with Crippen LogP contribution in [0.3, 0.4) is 0 Å². The van der Waals surface area contributed by atoms with Gasteiger partial charge in [-0.15, -0.1) is 0 Å². The Morgan fingerprint density at radius 1 is 1.00 bits per heavy atom. The third-order valence-electron chi connectivity index (χ3n) is 1.77. The van der Waals surface area contributed by atoms with Crippen molar-refractivity contribution in [2.45, 2.75) is 24.4 Å². The summed E-state index contributed by atoms with van der Waals surface area (Å²) < 4.78 is 0. The number of aliphatic hydroxyl groups excluding tert-OH is 6. The fraction of sp³-hybridized carbons (Fsp3) is 0.875. The molecule has 0 aliphatic heterocycles. The van der Waals surface area contributed by atoms with E-state index in [1.807, 2.05) is 0 Å². The standard InChI is InChI=1S/C8H17NO6/c10-2-1-9-3-5(12)7(14)8(15)6(13)4-11/h3,5-8,10-15H,1-2,4H2/t5-,6+,7+,8+/m0/s1. The van der Waals surface area contributed by atoms with Gasteiger partial charge in [0.1, 0.15) is 24.4 Å². The summed E-state index contributed by atoms with van der Waals surface area (Å²) >= 11 is 0. The van der Waals surface area contributed by atoms with E-state index in [4.69, 9.17) is 15.3 Å². The summed E-state index contributed by atoms with van der Waals surface area (Å²) in [5.74, 6) is 0. The summed E-state index contributed by atoms with van der Waals surface area (Å²) in [5.41, 5.74) is 0. The van der Waals surface area contributed by atoms with Crippen LogP contribution in [0.2, 0.25) is 0 Å². The molecule has 0 rings (SSSR count). The second-order valence-electron chi connectivity index (χ2n) is 3.00. The first kappa shape index (κ1) is 14.4. The van der Waals surface area contributed by atoms with Crippen molar-refractivity contribution in [3.05, 3.63) is 0 Å². The molecule has 0 bridgehead atoms. The lowest BCUT2D eigenvalue weighted by Crippen LogP contribution is -2.46. The molecule has 0 aromatic heterocycles. The maximum atomic E-state index is 9.26. The van der Waals surface area contributed by atoms with Crippen LogP contribution in [0.5, 0.6) is 0 Å². The van der Waals surface area contributed by atoms with Crippen molar-refractivity contribution in [3.63, 3.8) is 0 Å². The van der Waals surface area contributed by atoms with Gasteiger partial charge in [0, 0.05) is 6.21 Å². The summed E-state index contributed by atoms with van der Waals surface area (Å²) in [6.45, 7) is -0.845. The Morgan fingerprint density at radius 3 is 2.07 bits per heavy atom. The summed E-state index contributed by atoms with van der Waals surface area (Å²) in [4.78, 5) is 3.54. The third kappa shape index (κ3) is 5.17. The monoisotopic (exact) mass is 223 g/mol. The second kappa shape index (κ2) is 7.69. The highest BCUT2D eigenvalue weighted by Crippen LogP contribution is 2.03. The first-order valence-corrected chi connectivity index (χ1v) is 4.48. The van der Waals surface area contributed by atoms with Crippen LogP contribution in [-0.2, 0) is 0 Å². The van der Waals surface area contributed by atoms with Crippen LogP contribution in [0.1, 0.15) is 0 Å². The lowest BCUT2D eigenvalue weighted by atomic mass is 10.0. The van der Waals surface area contributed by atoms with Crippen LogP contribution in [0.4, 0.5) is 0 Å². The van der Waals surface area contributed by atoms with E-state index in [1.54, 1.807) is 0 Å².